The molecule has 1 N–H and O–H groups in total. The van der Waals surface area contributed by atoms with Crippen molar-refractivity contribution in [2.45, 2.75) is 12.8 Å². The summed E-state index contributed by atoms with van der Waals surface area (Å²) in [5, 5.41) is 3.32. The van der Waals surface area contributed by atoms with Gasteiger partial charge < -0.3 is 10.1 Å². The van der Waals surface area contributed by atoms with Crippen LogP contribution in [-0.2, 0) is 17.6 Å². The minimum absolute atomic E-state index is 0.0221. The molecular weight excluding hydrogens is 286 g/mol. The van der Waals surface area contributed by atoms with Crippen LogP contribution in [0, 0.1) is 0 Å². The second-order valence-corrected chi connectivity index (χ2v) is 5.16. The van der Waals surface area contributed by atoms with Crippen molar-refractivity contribution in [3.63, 3.8) is 0 Å². The lowest BCUT2D eigenvalue weighted by molar-refractivity contribution is -0.119. The number of carbonyl (C=O) groups is 1. The maximum Gasteiger partial charge on any atom is 0.224 e. The smallest absolute Gasteiger partial charge is 0.224 e. The van der Waals surface area contributed by atoms with Gasteiger partial charge in [-0.15, -0.1) is 0 Å². The zero-order chi connectivity index (χ0) is 15.1. The Labute approximate surface area is 129 Å². The molecule has 0 saturated carbocycles. The fraction of sp³-hybridized carbons (Fsp3) is 0.235. The predicted molar refractivity (Wildman–Crippen MR) is 84.9 cm³/mol. The van der Waals surface area contributed by atoms with E-state index in [9.17, 15) is 4.79 Å². The highest BCUT2D eigenvalue weighted by atomic mass is 35.5. The summed E-state index contributed by atoms with van der Waals surface area (Å²) in [6, 6.07) is 15.4. The first-order chi connectivity index (χ1) is 10.2. The number of ether oxygens (including phenoxy) is 1. The molecule has 21 heavy (non-hydrogen) atoms. The maximum atomic E-state index is 11.3. The molecule has 0 aliphatic heterocycles. The van der Waals surface area contributed by atoms with Gasteiger partial charge in [0.25, 0.3) is 0 Å². The Kier molecular flexibility index (Phi) is 5.64. The molecule has 0 bridgehead atoms. The molecule has 2 aromatic rings. The molecule has 0 saturated heterocycles. The first-order valence-corrected chi connectivity index (χ1v) is 7.22. The third kappa shape index (κ3) is 5.12. The molecule has 0 fully saturated rings. The fourth-order valence-corrected chi connectivity index (χ4v) is 2.04. The minimum atomic E-state index is 0.0221. The summed E-state index contributed by atoms with van der Waals surface area (Å²) in [5.41, 5.74) is 2.20. The number of benzene rings is 2. The topological polar surface area (TPSA) is 38.3 Å². The van der Waals surface area contributed by atoms with E-state index in [2.05, 4.69) is 5.32 Å². The van der Waals surface area contributed by atoms with Crippen molar-refractivity contribution in [2.24, 2.45) is 0 Å². The summed E-state index contributed by atoms with van der Waals surface area (Å²) in [7, 11) is 1.64. The molecule has 0 spiro atoms. The van der Waals surface area contributed by atoms with Crippen molar-refractivity contribution in [1.82, 2.24) is 5.32 Å². The van der Waals surface area contributed by atoms with Crippen molar-refractivity contribution in [3.8, 4) is 5.75 Å². The molecule has 0 unspecified atom stereocenters. The Bertz CT molecular complexity index is 579. The van der Waals surface area contributed by atoms with E-state index >= 15 is 0 Å². The molecule has 0 radical (unpaired) electrons. The molecular formula is C17H18ClNO2. The molecule has 2 rings (SSSR count). The second-order valence-electron chi connectivity index (χ2n) is 4.72. The van der Waals surface area contributed by atoms with Crippen LogP contribution >= 0.6 is 11.6 Å². The van der Waals surface area contributed by atoms with E-state index < -0.39 is 0 Å². The lowest BCUT2D eigenvalue weighted by Gasteiger charge is -2.07. The van der Waals surface area contributed by atoms with Crippen LogP contribution in [0.15, 0.2) is 48.5 Å². The van der Waals surface area contributed by atoms with Gasteiger partial charge in [-0.2, -0.15) is 0 Å². The molecule has 2 aromatic carbocycles. The Balaban J connectivity index is 1.80. The SMILES string of the molecule is CNC(=O)Cc1ccc(CCOc2ccc(Cl)cc2)cc1. The fourth-order valence-electron chi connectivity index (χ4n) is 1.92. The van der Waals surface area contributed by atoms with Gasteiger partial charge in [-0.25, -0.2) is 0 Å². The Morgan fingerprint density at radius 3 is 2.29 bits per heavy atom. The highest BCUT2D eigenvalue weighted by Gasteiger charge is 2.01. The number of carbonyl (C=O) groups excluding carboxylic acids is 1. The Morgan fingerprint density at radius 1 is 1.05 bits per heavy atom. The highest BCUT2D eigenvalue weighted by molar-refractivity contribution is 6.30. The first-order valence-electron chi connectivity index (χ1n) is 6.84. The number of halogens is 1. The van der Waals surface area contributed by atoms with Gasteiger partial charge in [0.15, 0.2) is 0 Å². The quantitative estimate of drug-likeness (QED) is 0.889. The van der Waals surface area contributed by atoms with E-state index in [1.54, 1.807) is 7.05 Å². The van der Waals surface area contributed by atoms with Crippen LogP contribution in [0.1, 0.15) is 11.1 Å². The van der Waals surface area contributed by atoms with Crippen molar-refractivity contribution < 1.29 is 9.53 Å². The zero-order valence-corrected chi connectivity index (χ0v) is 12.7. The van der Waals surface area contributed by atoms with Gasteiger partial charge in [0.1, 0.15) is 5.75 Å². The molecule has 0 heterocycles. The molecule has 1 amide bonds. The van der Waals surface area contributed by atoms with Gasteiger partial charge >= 0.3 is 0 Å². The van der Waals surface area contributed by atoms with Crippen LogP contribution in [0.4, 0.5) is 0 Å². The van der Waals surface area contributed by atoms with Crippen LogP contribution in [0.2, 0.25) is 5.02 Å². The van der Waals surface area contributed by atoms with Crippen LogP contribution in [0.25, 0.3) is 0 Å². The van der Waals surface area contributed by atoms with E-state index in [4.69, 9.17) is 16.3 Å². The summed E-state index contributed by atoms with van der Waals surface area (Å²) in [6.45, 7) is 0.608. The number of amides is 1. The van der Waals surface area contributed by atoms with Crippen LogP contribution in [-0.4, -0.2) is 19.6 Å². The summed E-state index contributed by atoms with van der Waals surface area (Å²) in [4.78, 5) is 11.3. The lowest BCUT2D eigenvalue weighted by Crippen LogP contribution is -2.19. The average molecular weight is 304 g/mol. The van der Waals surface area contributed by atoms with Crippen molar-refractivity contribution >= 4 is 17.5 Å². The largest absolute Gasteiger partial charge is 0.493 e. The van der Waals surface area contributed by atoms with Crippen LogP contribution < -0.4 is 10.1 Å². The molecule has 3 nitrogen and oxygen atoms in total. The monoisotopic (exact) mass is 303 g/mol. The van der Waals surface area contributed by atoms with Gasteiger partial charge in [0.2, 0.25) is 5.91 Å². The normalized spacial score (nSPS) is 10.2. The summed E-state index contributed by atoms with van der Waals surface area (Å²) in [5.74, 6) is 0.837. The van der Waals surface area contributed by atoms with E-state index in [-0.39, 0.29) is 5.91 Å². The van der Waals surface area contributed by atoms with Gasteiger partial charge in [-0.05, 0) is 35.4 Å². The summed E-state index contributed by atoms with van der Waals surface area (Å²) >= 11 is 5.82. The van der Waals surface area contributed by atoms with Crippen molar-refractivity contribution in [1.29, 1.82) is 0 Å². The standard InChI is InChI=1S/C17H18ClNO2/c1-19-17(20)12-14-4-2-13(3-5-14)10-11-21-16-8-6-15(18)7-9-16/h2-9H,10-12H2,1H3,(H,19,20). The minimum Gasteiger partial charge on any atom is -0.493 e. The number of rotatable bonds is 6. The molecule has 4 heteroatoms. The average Bonchev–Trinajstić information content (AvgIpc) is 2.51. The van der Waals surface area contributed by atoms with Crippen LogP contribution in [0.3, 0.4) is 0 Å². The molecule has 0 atom stereocenters. The highest BCUT2D eigenvalue weighted by Crippen LogP contribution is 2.16. The van der Waals surface area contributed by atoms with E-state index in [1.807, 2.05) is 48.5 Å². The van der Waals surface area contributed by atoms with E-state index in [0.29, 0.717) is 18.1 Å². The third-order valence-corrected chi connectivity index (χ3v) is 3.39. The van der Waals surface area contributed by atoms with Crippen molar-refractivity contribution in [2.75, 3.05) is 13.7 Å². The van der Waals surface area contributed by atoms with E-state index in [1.165, 1.54) is 5.56 Å². The van der Waals surface area contributed by atoms with Gasteiger partial charge in [0, 0.05) is 18.5 Å². The zero-order valence-electron chi connectivity index (χ0n) is 11.9. The molecule has 0 aliphatic carbocycles. The maximum absolute atomic E-state index is 11.3. The first kappa shape index (κ1) is 15.4. The number of nitrogens with one attached hydrogen (secondary N) is 1. The number of hydrogen-bond acceptors (Lipinski definition) is 2. The van der Waals surface area contributed by atoms with Gasteiger partial charge in [0.05, 0.1) is 13.0 Å². The van der Waals surface area contributed by atoms with Crippen molar-refractivity contribution in [3.05, 3.63) is 64.7 Å². The predicted octanol–water partition coefficient (Wildman–Crippen LogP) is 3.25. The molecule has 0 aromatic heterocycles. The Morgan fingerprint density at radius 2 is 1.67 bits per heavy atom. The third-order valence-electron chi connectivity index (χ3n) is 3.14. The second kappa shape index (κ2) is 7.70. The Hall–Kier alpha value is -2.00. The van der Waals surface area contributed by atoms with Gasteiger partial charge in [-0.3, -0.25) is 4.79 Å². The number of hydrogen-bond donors (Lipinski definition) is 1. The van der Waals surface area contributed by atoms with E-state index in [0.717, 1.165) is 17.7 Å². The number of likely N-dealkylation sites (N-methyl/N-ethyl adjacent to an activating group) is 1. The lowest BCUT2D eigenvalue weighted by atomic mass is 10.1. The molecule has 110 valence electrons. The summed E-state index contributed by atoms with van der Waals surface area (Å²) in [6.07, 6.45) is 1.24. The summed E-state index contributed by atoms with van der Waals surface area (Å²) < 4.78 is 5.65. The van der Waals surface area contributed by atoms with Gasteiger partial charge in [-0.1, -0.05) is 35.9 Å². The molecule has 0 aliphatic rings. The van der Waals surface area contributed by atoms with Crippen LogP contribution in [0.5, 0.6) is 5.75 Å².